The summed E-state index contributed by atoms with van der Waals surface area (Å²) < 4.78 is 9.16. The first-order valence-electron chi connectivity index (χ1n) is 17.8. The number of fused-ring (bicyclic) bond motifs is 10. The van der Waals surface area contributed by atoms with Gasteiger partial charge in [0.2, 0.25) is 0 Å². The summed E-state index contributed by atoms with van der Waals surface area (Å²) in [5.41, 5.74) is 16.6. The zero-order chi connectivity index (χ0) is 33.8. The van der Waals surface area contributed by atoms with Gasteiger partial charge in [-0.25, -0.2) is 0 Å². The summed E-state index contributed by atoms with van der Waals surface area (Å²) >= 11 is 0. The maximum Gasteiger partial charge on any atom is 0.137 e. The van der Waals surface area contributed by atoms with Crippen molar-refractivity contribution in [3.05, 3.63) is 186 Å². The number of aromatic nitrogens is 1. The molecule has 0 saturated heterocycles. The van der Waals surface area contributed by atoms with E-state index >= 15 is 0 Å². The molecule has 0 radical (unpaired) electrons. The van der Waals surface area contributed by atoms with E-state index in [1.165, 1.54) is 66.3 Å². The van der Waals surface area contributed by atoms with Crippen molar-refractivity contribution in [2.24, 2.45) is 0 Å². The summed E-state index contributed by atoms with van der Waals surface area (Å²) in [4.78, 5) is 0. The molecule has 2 aliphatic rings. The molecule has 11 rings (SSSR count). The Morgan fingerprint density at radius 1 is 0.549 bits per heavy atom. The molecule has 0 spiro atoms. The Balaban J connectivity index is 1.12. The van der Waals surface area contributed by atoms with Crippen molar-refractivity contribution in [3.8, 4) is 16.8 Å². The van der Waals surface area contributed by atoms with Gasteiger partial charge >= 0.3 is 0 Å². The molecule has 0 amide bonds. The average molecular weight is 655 g/mol. The van der Waals surface area contributed by atoms with Crippen molar-refractivity contribution < 1.29 is 4.42 Å². The molecule has 3 heterocycles. The van der Waals surface area contributed by atoms with E-state index < -0.39 is 0 Å². The van der Waals surface area contributed by atoms with Crippen LogP contribution in [0.25, 0.3) is 66.1 Å². The lowest BCUT2D eigenvalue weighted by atomic mass is 9.82. The Morgan fingerprint density at radius 3 is 2.22 bits per heavy atom. The highest BCUT2D eigenvalue weighted by molar-refractivity contribution is 6.14. The third-order valence-corrected chi connectivity index (χ3v) is 11.4. The summed E-state index contributed by atoms with van der Waals surface area (Å²) in [6.07, 6.45) is 2.37. The molecule has 51 heavy (non-hydrogen) atoms. The van der Waals surface area contributed by atoms with Gasteiger partial charge in [-0.15, -0.1) is 0 Å². The number of anilines is 1. The molecular formula is C48H34N2O. The molecular weight excluding hydrogens is 621 g/mol. The van der Waals surface area contributed by atoms with Gasteiger partial charge in [0.05, 0.1) is 17.1 Å². The van der Waals surface area contributed by atoms with Crippen molar-refractivity contribution in [2.45, 2.75) is 25.3 Å². The average Bonchev–Trinajstić information content (AvgIpc) is 3.79. The Morgan fingerprint density at radius 2 is 1.31 bits per heavy atom. The Labute approximate surface area is 296 Å². The highest BCUT2D eigenvalue weighted by Crippen LogP contribution is 2.51. The molecule has 3 heteroatoms. The lowest BCUT2D eigenvalue weighted by Gasteiger charge is -2.27. The number of benzene rings is 7. The van der Waals surface area contributed by atoms with Crippen LogP contribution in [-0.2, 0) is 5.41 Å². The van der Waals surface area contributed by atoms with Crippen LogP contribution in [0.2, 0.25) is 0 Å². The first kappa shape index (κ1) is 28.5. The molecule has 9 aromatic rings. The van der Waals surface area contributed by atoms with Gasteiger partial charge in [0.25, 0.3) is 0 Å². The van der Waals surface area contributed by atoms with Crippen LogP contribution in [0.5, 0.6) is 0 Å². The zero-order valence-electron chi connectivity index (χ0n) is 28.4. The Bertz CT molecular complexity index is 2920. The number of nitrogens with zero attached hydrogens (tertiary/aromatic N) is 1. The van der Waals surface area contributed by atoms with E-state index in [2.05, 4.69) is 181 Å². The zero-order valence-corrected chi connectivity index (χ0v) is 28.4. The van der Waals surface area contributed by atoms with Gasteiger partial charge in [0.1, 0.15) is 11.2 Å². The number of para-hydroxylation sites is 2. The smallest absolute Gasteiger partial charge is 0.137 e. The molecule has 242 valence electrons. The van der Waals surface area contributed by atoms with Crippen LogP contribution in [0, 0.1) is 0 Å². The fourth-order valence-electron chi connectivity index (χ4n) is 9.00. The SMILES string of the molecule is CC1(C)c2ccccc2-c2cc3c(cc21)c1ccccc1n3-c1ccc2c(c1)oc1cccc(C3=CC(c4ccccc4)Nc4ccccc43)c12. The molecule has 1 N–H and O–H groups in total. The van der Waals surface area contributed by atoms with Crippen molar-refractivity contribution in [1.29, 1.82) is 0 Å². The van der Waals surface area contributed by atoms with Gasteiger partial charge in [-0.2, -0.15) is 0 Å². The first-order valence-corrected chi connectivity index (χ1v) is 17.8. The second-order valence-electron chi connectivity index (χ2n) is 14.6. The predicted octanol–water partition coefficient (Wildman–Crippen LogP) is 12.6. The normalized spacial score (nSPS) is 15.9. The third kappa shape index (κ3) is 4.00. The highest BCUT2D eigenvalue weighted by atomic mass is 16.3. The van der Waals surface area contributed by atoms with Crippen LogP contribution >= 0.6 is 0 Å². The van der Waals surface area contributed by atoms with Gasteiger partial charge in [0.15, 0.2) is 0 Å². The largest absolute Gasteiger partial charge is 0.456 e. The van der Waals surface area contributed by atoms with Gasteiger partial charge < -0.3 is 14.3 Å². The fraction of sp³-hybridized carbons (Fsp3) is 0.0833. The molecule has 1 unspecified atom stereocenters. The second-order valence-corrected chi connectivity index (χ2v) is 14.6. The van der Waals surface area contributed by atoms with Crippen LogP contribution in [0.3, 0.4) is 0 Å². The summed E-state index contributed by atoms with van der Waals surface area (Å²) in [6.45, 7) is 4.71. The van der Waals surface area contributed by atoms with E-state index in [4.69, 9.17) is 4.42 Å². The van der Waals surface area contributed by atoms with E-state index in [-0.39, 0.29) is 11.5 Å². The van der Waals surface area contributed by atoms with Gasteiger partial charge in [-0.1, -0.05) is 117 Å². The van der Waals surface area contributed by atoms with E-state index in [0.717, 1.165) is 33.3 Å². The Hall–Kier alpha value is -6.32. The number of hydrogen-bond donors (Lipinski definition) is 1. The fourth-order valence-corrected chi connectivity index (χ4v) is 9.00. The minimum Gasteiger partial charge on any atom is -0.456 e. The minimum atomic E-state index is -0.0559. The summed E-state index contributed by atoms with van der Waals surface area (Å²) in [6, 6.07) is 55.1. The maximum atomic E-state index is 6.74. The van der Waals surface area contributed by atoms with Crippen LogP contribution < -0.4 is 5.32 Å². The highest BCUT2D eigenvalue weighted by Gasteiger charge is 2.36. The summed E-state index contributed by atoms with van der Waals surface area (Å²) in [5.74, 6) is 0. The van der Waals surface area contributed by atoms with E-state index in [0.29, 0.717) is 0 Å². The molecule has 1 atom stereocenters. The topological polar surface area (TPSA) is 30.1 Å². The van der Waals surface area contributed by atoms with Crippen LogP contribution in [0.1, 0.15) is 47.7 Å². The first-order chi connectivity index (χ1) is 25.0. The summed E-state index contributed by atoms with van der Waals surface area (Å²) in [5, 5.41) is 8.58. The molecule has 0 bridgehead atoms. The lowest BCUT2D eigenvalue weighted by molar-refractivity contribution is 0.661. The second kappa shape index (κ2) is 10.3. The van der Waals surface area contributed by atoms with E-state index in [1.807, 2.05) is 0 Å². The number of hydrogen-bond acceptors (Lipinski definition) is 2. The van der Waals surface area contributed by atoms with Crippen molar-refractivity contribution in [1.82, 2.24) is 4.57 Å². The third-order valence-electron chi connectivity index (χ3n) is 11.4. The van der Waals surface area contributed by atoms with Crippen molar-refractivity contribution >= 4 is 55.0 Å². The minimum absolute atomic E-state index is 0.0559. The lowest BCUT2D eigenvalue weighted by Crippen LogP contribution is -2.15. The molecule has 0 fully saturated rings. The number of furan rings is 1. The quantitative estimate of drug-likeness (QED) is 0.205. The van der Waals surface area contributed by atoms with Crippen molar-refractivity contribution in [2.75, 3.05) is 5.32 Å². The van der Waals surface area contributed by atoms with E-state index in [9.17, 15) is 0 Å². The van der Waals surface area contributed by atoms with Crippen LogP contribution in [0.4, 0.5) is 5.69 Å². The van der Waals surface area contributed by atoms with Gasteiger partial charge in [0, 0.05) is 50.0 Å². The van der Waals surface area contributed by atoms with Crippen molar-refractivity contribution in [3.63, 3.8) is 0 Å². The summed E-state index contributed by atoms with van der Waals surface area (Å²) in [7, 11) is 0. The molecule has 3 nitrogen and oxygen atoms in total. The van der Waals surface area contributed by atoms with Gasteiger partial charge in [-0.3, -0.25) is 0 Å². The predicted molar refractivity (Wildman–Crippen MR) is 212 cm³/mol. The van der Waals surface area contributed by atoms with Gasteiger partial charge in [-0.05, 0) is 87.5 Å². The van der Waals surface area contributed by atoms with Crippen LogP contribution in [0.15, 0.2) is 162 Å². The van der Waals surface area contributed by atoms with Crippen LogP contribution in [-0.4, -0.2) is 4.57 Å². The maximum absolute atomic E-state index is 6.74. The molecule has 2 aromatic heterocycles. The Kier molecular flexibility index (Phi) is 5.79. The number of nitrogens with one attached hydrogen (secondary N) is 1. The number of rotatable bonds is 3. The molecule has 1 aliphatic carbocycles. The standard InChI is InChI=1S/C48H34N2O/c1-48(2)39-19-9-6-15-31(39)37-28-44-38(26-40(37)48)33-17-8-11-21-43(33)50(44)30-23-24-35-46(25-30)51-45-22-12-18-34(47(35)45)36-27-42(29-13-4-3-5-14-29)49-41-20-10-7-16-32(36)41/h3-28,42,49H,1-2H3. The monoisotopic (exact) mass is 654 g/mol. The molecule has 1 aliphatic heterocycles. The molecule has 0 saturated carbocycles. The molecule has 7 aromatic carbocycles. The van der Waals surface area contributed by atoms with E-state index in [1.54, 1.807) is 0 Å².